The lowest BCUT2D eigenvalue weighted by atomic mass is 10.0. The molecule has 1 fully saturated rings. The standard InChI is InChI=1S/C20H21F2NOS2/c1-13-11-23(12-14(2)24-13)20(25)26-19(15-3-7-17(21)8-4-15)16-5-9-18(22)10-6-16/h3-10,13-14,19H,11-12H2,1-2H3/t13-,14-/m0/s1. The average molecular weight is 394 g/mol. The van der Waals surface area contributed by atoms with Gasteiger partial charge in [0.2, 0.25) is 0 Å². The molecule has 0 amide bonds. The molecule has 0 saturated carbocycles. The van der Waals surface area contributed by atoms with Gasteiger partial charge in [0.25, 0.3) is 0 Å². The monoisotopic (exact) mass is 393 g/mol. The number of halogens is 2. The second-order valence-corrected chi connectivity index (χ2v) is 8.27. The third-order valence-electron chi connectivity index (χ3n) is 4.24. The summed E-state index contributed by atoms with van der Waals surface area (Å²) in [5.41, 5.74) is 1.86. The van der Waals surface area contributed by atoms with Crippen molar-refractivity contribution in [1.29, 1.82) is 0 Å². The molecule has 1 heterocycles. The molecule has 0 N–H and O–H groups in total. The first-order valence-corrected chi connectivity index (χ1v) is 9.83. The summed E-state index contributed by atoms with van der Waals surface area (Å²) in [6, 6.07) is 12.8. The van der Waals surface area contributed by atoms with Crippen LogP contribution in [0.5, 0.6) is 0 Å². The summed E-state index contributed by atoms with van der Waals surface area (Å²) in [5, 5.41) is -0.128. The van der Waals surface area contributed by atoms with Crippen LogP contribution in [-0.4, -0.2) is 34.5 Å². The highest BCUT2D eigenvalue weighted by molar-refractivity contribution is 8.23. The smallest absolute Gasteiger partial charge is 0.137 e. The first kappa shape index (κ1) is 19.3. The number of hydrogen-bond donors (Lipinski definition) is 0. The van der Waals surface area contributed by atoms with Crippen molar-refractivity contribution in [2.75, 3.05) is 13.1 Å². The summed E-state index contributed by atoms with van der Waals surface area (Å²) >= 11 is 7.22. The molecule has 6 heteroatoms. The number of morpholine rings is 1. The fraction of sp³-hybridized carbons (Fsp3) is 0.350. The van der Waals surface area contributed by atoms with Crippen LogP contribution in [0.25, 0.3) is 0 Å². The van der Waals surface area contributed by atoms with Gasteiger partial charge in [-0.1, -0.05) is 48.2 Å². The maximum Gasteiger partial charge on any atom is 0.137 e. The van der Waals surface area contributed by atoms with Gasteiger partial charge in [-0.3, -0.25) is 0 Å². The molecule has 138 valence electrons. The summed E-state index contributed by atoms with van der Waals surface area (Å²) < 4.78 is 33.2. The maximum atomic E-state index is 13.3. The lowest BCUT2D eigenvalue weighted by Gasteiger charge is -2.37. The fourth-order valence-corrected chi connectivity index (χ4v) is 4.63. The molecule has 1 saturated heterocycles. The molecule has 26 heavy (non-hydrogen) atoms. The zero-order valence-corrected chi connectivity index (χ0v) is 16.3. The third-order valence-corrected chi connectivity index (χ3v) is 6.03. The number of hydrogen-bond acceptors (Lipinski definition) is 3. The average Bonchev–Trinajstić information content (AvgIpc) is 2.60. The van der Waals surface area contributed by atoms with Gasteiger partial charge in [0.1, 0.15) is 16.0 Å². The Morgan fingerprint density at radius 3 is 1.81 bits per heavy atom. The number of benzene rings is 2. The van der Waals surface area contributed by atoms with Crippen LogP contribution >= 0.6 is 24.0 Å². The fourth-order valence-electron chi connectivity index (χ4n) is 3.11. The molecule has 0 aliphatic carbocycles. The highest BCUT2D eigenvalue weighted by Crippen LogP contribution is 2.38. The van der Waals surface area contributed by atoms with E-state index >= 15 is 0 Å². The van der Waals surface area contributed by atoms with E-state index < -0.39 is 0 Å². The summed E-state index contributed by atoms with van der Waals surface area (Å²) in [4.78, 5) is 2.15. The Bertz CT molecular complexity index is 696. The number of thioether (sulfide) groups is 1. The van der Waals surface area contributed by atoms with Gasteiger partial charge < -0.3 is 9.64 Å². The first-order valence-electron chi connectivity index (χ1n) is 8.54. The van der Waals surface area contributed by atoms with Crippen molar-refractivity contribution in [2.24, 2.45) is 0 Å². The van der Waals surface area contributed by atoms with Gasteiger partial charge in [0.05, 0.1) is 17.5 Å². The Morgan fingerprint density at radius 1 is 0.962 bits per heavy atom. The van der Waals surface area contributed by atoms with Crippen LogP contribution in [0, 0.1) is 11.6 Å². The minimum atomic E-state index is -0.282. The van der Waals surface area contributed by atoms with Crippen molar-refractivity contribution >= 4 is 28.3 Å². The van der Waals surface area contributed by atoms with Crippen LogP contribution in [0.15, 0.2) is 48.5 Å². The molecule has 0 unspecified atom stereocenters. The predicted molar refractivity (Wildman–Crippen MR) is 106 cm³/mol. The van der Waals surface area contributed by atoms with Crippen LogP contribution in [0.4, 0.5) is 8.78 Å². The van der Waals surface area contributed by atoms with Crippen LogP contribution in [-0.2, 0) is 4.74 Å². The summed E-state index contributed by atoms with van der Waals surface area (Å²) in [5.74, 6) is -0.565. The van der Waals surface area contributed by atoms with Gasteiger partial charge >= 0.3 is 0 Å². The molecule has 2 nitrogen and oxygen atoms in total. The Hall–Kier alpha value is -1.50. The Morgan fingerprint density at radius 2 is 1.38 bits per heavy atom. The van der Waals surface area contributed by atoms with E-state index in [1.807, 2.05) is 13.8 Å². The van der Waals surface area contributed by atoms with Crippen molar-refractivity contribution in [3.8, 4) is 0 Å². The van der Waals surface area contributed by atoms with Gasteiger partial charge in [-0.25, -0.2) is 8.78 Å². The normalized spacial score (nSPS) is 20.4. The van der Waals surface area contributed by atoms with Gasteiger partial charge in [-0.15, -0.1) is 0 Å². The third kappa shape index (κ3) is 4.81. The van der Waals surface area contributed by atoms with E-state index in [9.17, 15) is 8.78 Å². The molecule has 0 bridgehead atoms. The summed E-state index contributed by atoms with van der Waals surface area (Å²) in [6.45, 7) is 5.56. The number of ether oxygens (including phenoxy) is 1. The molecule has 2 atom stereocenters. The molecule has 0 radical (unpaired) electrons. The Balaban J connectivity index is 1.84. The van der Waals surface area contributed by atoms with Crippen molar-refractivity contribution in [3.05, 3.63) is 71.3 Å². The maximum absolute atomic E-state index is 13.3. The number of rotatable bonds is 3. The van der Waals surface area contributed by atoms with Crippen LogP contribution in [0.3, 0.4) is 0 Å². The van der Waals surface area contributed by atoms with E-state index in [4.69, 9.17) is 17.0 Å². The SMILES string of the molecule is C[C@H]1CN(C(=S)SC(c2ccc(F)cc2)c2ccc(F)cc2)C[C@H](C)O1. The quantitative estimate of drug-likeness (QED) is 0.666. The van der Waals surface area contributed by atoms with Crippen LogP contribution in [0.2, 0.25) is 0 Å². The molecular formula is C20H21F2NOS2. The molecule has 0 aromatic heterocycles. The Labute approximate surface area is 162 Å². The van der Waals surface area contributed by atoms with Crippen LogP contribution < -0.4 is 0 Å². The predicted octanol–water partition coefficient (Wildman–Crippen LogP) is 5.18. The summed E-state index contributed by atoms with van der Waals surface area (Å²) in [7, 11) is 0. The van der Waals surface area contributed by atoms with Gasteiger partial charge in [-0.05, 0) is 49.2 Å². The highest BCUT2D eigenvalue weighted by atomic mass is 32.2. The van der Waals surface area contributed by atoms with Gasteiger partial charge in [-0.2, -0.15) is 0 Å². The van der Waals surface area contributed by atoms with Crippen molar-refractivity contribution in [3.63, 3.8) is 0 Å². The van der Waals surface area contributed by atoms with E-state index in [0.29, 0.717) is 0 Å². The lowest BCUT2D eigenvalue weighted by molar-refractivity contribution is -0.0465. The van der Waals surface area contributed by atoms with Gasteiger partial charge in [0.15, 0.2) is 0 Å². The molecule has 1 aliphatic rings. The van der Waals surface area contributed by atoms with E-state index in [-0.39, 0.29) is 29.1 Å². The van der Waals surface area contributed by atoms with E-state index in [2.05, 4.69) is 4.90 Å². The van der Waals surface area contributed by atoms with E-state index in [1.54, 1.807) is 24.3 Å². The van der Waals surface area contributed by atoms with Crippen molar-refractivity contribution in [2.45, 2.75) is 31.3 Å². The molecule has 1 aliphatic heterocycles. The lowest BCUT2D eigenvalue weighted by Crippen LogP contribution is -2.46. The first-order chi connectivity index (χ1) is 12.4. The minimum Gasteiger partial charge on any atom is -0.372 e. The molecular weight excluding hydrogens is 372 g/mol. The second-order valence-electron chi connectivity index (χ2n) is 6.53. The zero-order valence-electron chi connectivity index (χ0n) is 14.7. The van der Waals surface area contributed by atoms with Gasteiger partial charge in [0, 0.05) is 13.1 Å². The van der Waals surface area contributed by atoms with Crippen molar-refractivity contribution in [1.82, 2.24) is 4.90 Å². The number of thiocarbonyl (C=S) groups is 1. The molecule has 2 aromatic carbocycles. The largest absolute Gasteiger partial charge is 0.372 e. The molecule has 3 rings (SSSR count). The zero-order chi connectivity index (χ0) is 18.7. The van der Waals surface area contributed by atoms with Crippen LogP contribution in [0.1, 0.15) is 30.2 Å². The topological polar surface area (TPSA) is 12.5 Å². The van der Waals surface area contributed by atoms with E-state index in [0.717, 1.165) is 28.5 Å². The summed E-state index contributed by atoms with van der Waals surface area (Å²) in [6.07, 6.45) is 0.236. The molecule has 2 aromatic rings. The van der Waals surface area contributed by atoms with Crippen molar-refractivity contribution < 1.29 is 13.5 Å². The second kappa shape index (κ2) is 8.46. The Kier molecular flexibility index (Phi) is 6.27. The minimum absolute atomic E-state index is 0.118. The highest BCUT2D eigenvalue weighted by Gasteiger charge is 2.27. The van der Waals surface area contributed by atoms with E-state index in [1.165, 1.54) is 36.0 Å². The molecule has 0 spiro atoms. The number of nitrogens with zero attached hydrogens (tertiary/aromatic N) is 1.